The lowest BCUT2D eigenvalue weighted by Gasteiger charge is -2.20. The van der Waals surface area contributed by atoms with E-state index >= 15 is 0 Å². The molecule has 202 valence electrons. The molecule has 3 aromatic rings. The number of methoxy groups -OCH3 is 1. The van der Waals surface area contributed by atoms with Gasteiger partial charge in [-0.25, -0.2) is 9.59 Å². The minimum absolute atomic E-state index is 0.0763. The molecule has 0 fully saturated rings. The lowest BCUT2D eigenvalue weighted by Crippen LogP contribution is -2.17. The second-order valence-electron chi connectivity index (χ2n) is 9.95. The summed E-state index contributed by atoms with van der Waals surface area (Å²) in [5.74, 6) is -0.119. The largest absolute Gasteiger partial charge is 0.493 e. The molecule has 0 saturated heterocycles. The van der Waals surface area contributed by atoms with Crippen LogP contribution in [0.1, 0.15) is 77.8 Å². The van der Waals surface area contributed by atoms with Crippen molar-refractivity contribution in [2.45, 2.75) is 60.5 Å². The Balaban J connectivity index is 2.05. The summed E-state index contributed by atoms with van der Waals surface area (Å²) in [6.07, 6.45) is 0. The Morgan fingerprint density at radius 3 is 1.84 bits per heavy atom. The maximum atomic E-state index is 13.0. The Morgan fingerprint density at radius 1 is 0.816 bits per heavy atom. The van der Waals surface area contributed by atoms with Crippen molar-refractivity contribution in [3.8, 4) is 22.6 Å². The molecule has 7 nitrogen and oxygen atoms in total. The van der Waals surface area contributed by atoms with Gasteiger partial charge < -0.3 is 18.9 Å². The molecule has 0 aliphatic carbocycles. The fraction of sp³-hybridized carbons (Fsp3) is 0.387. The highest BCUT2D eigenvalue weighted by molar-refractivity contribution is 6.07. The van der Waals surface area contributed by atoms with E-state index in [2.05, 4.69) is 50.0 Å². The van der Waals surface area contributed by atoms with E-state index < -0.39 is 11.9 Å². The van der Waals surface area contributed by atoms with Gasteiger partial charge in [-0.2, -0.15) is 0 Å². The summed E-state index contributed by atoms with van der Waals surface area (Å²) in [6.45, 7) is 14.2. The molecule has 0 aliphatic heterocycles. The summed E-state index contributed by atoms with van der Waals surface area (Å²) in [7, 11) is 1.55. The summed E-state index contributed by atoms with van der Waals surface area (Å²) < 4.78 is 22.4. The Hall–Kier alpha value is -3.87. The highest BCUT2D eigenvalue weighted by atomic mass is 16.5. The van der Waals surface area contributed by atoms with Crippen molar-refractivity contribution in [1.82, 2.24) is 4.98 Å². The van der Waals surface area contributed by atoms with Crippen LogP contribution in [0.3, 0.4) is 0 Å². The molecule has 3 rings (SSSR count). The quantitative estimate of drug-likeness (QED) is 0.294. The lowest BCUT2D eigenvalue weighted by molar-refractivity contribution is 0.0525. The number of carbonyl (C=O) groups is 2. The van der Waals surface area contributed by atoms with Crippen molar-refractivity contribution < 1.29 is 28.5 Å². The summed E-state index contributed by atoms with van der Waals surface area (Å²) in [5, 5.41) is 0. The van der Waals surface area contributed by atoms with E-state index in [4.69, 9.17) is 18.9 Å². The molecule has 0 saturated carbocycles. The molecule has 1 heterocycles. The Bertz CT molecular complexity index is 1260. The van der Waals surface area contributed by atoms with Gasteiger partial charge in [0.1, 0.15) is 6.61 Å². The van der Waals surface area contributed by atoms with Crippen LogP contribution in [0.2, 0.25) is 0 Å². The van der Waals surface area contributed by atoms with Gasteiger partial charge in [0.25, 0.3) is 0 Å². The number of aromatic nitrogens is 1. The number of rotatable bonds is 9. The van der Waals surface area contributed by atoms with Crippen molar-refractivity contribution in [1.29, 1.82) is 0 Å². The first-order valence-electron chi connectivity index (χ1n) is 12.8. The van der Waals surface area contributed by atoms with Crippen molar-refractivity contribution in [3.05, 3.63) is 76.1 Å². The number of carbonyl (C=O) groups excluding carboxylic acids is 2. The maximum absolute atomic E-state index is 13.0. The minimum atomic E-state index is -0.559. The third-order valence-electron chi connectivity index (χ3n) is 6.18. The average molecular weight is 520 g/mol. The van der Waals surface area contributed by atoms with Crippen LogP contribution in [0.25, 0.3) is 11.1 Å². The zero-order valence-corrected chi connectivity index (χ0v) is 23.6. The molecule has 1 aromatic heterocycles. The first-order chi connectivity index (χ1) is 18.0. The van der Waals surface area contributed by atoms with E-state index in [9.17, 15) is 9.59 Å². The van der Waals surface area contributed by atoms with Gasteiger partial charge in [-0.05, 0) is 61.9 Å². The van der Waals surface area contributed by atoms with Crippen LogP contribution in [0.15, 0.2) is 42.5 Å². The standard InChI is InChI=1S/C31H37NO6/c1-9-36-29(33)26-19(3)32-20(4)27(30(34)37-10-2)28(26)22-13-16-24(25(17-22)35-8)38-18-21-11-14-23(15-12-21)31(5,6)7/h11-17H,9-10,18H2,1-8H3. The summed E-state index contributed by atoms with van der Waals surface area (Å²) >= 11 is 0. The Kier molecular flexibility index (Phi) is 9.15. The first kappa shape index (κ1) is 28.7. The van der Waals surface area contributed by atoms with Gasteiger partial charge in [0.2, 0.25) is 0 Å². The van der Waals surface area contributed by atoms with E-state index in [0.29, 0.717) is 40.6 Å². The molecule has 0 N–H and O–H groups in total. The SMILES string of the molecule is CCOC(=O)c1c(C)nc(C)c(C(=O)OCC)c1-c1ccc(OCc2ccc(C(C)(C)C)cc2)c(OC)c1. The van der Waals surface area contributed by atoms with E-state index in [1.807, 2.05) is 0 Å². The van der Waals surface area contributed by atoms with Crippen LogP contribution in [0.5, 0.6) is 11.5 Å². The van der Waals surface area contributed by atoms with E-state index in [-0.39, 0.29) is 29.8 Å². The first-order valence-corrected chi connectivity index (χ1v) is 12.8. The molecule has 0 aliphatic rings. The van der Waals surface area contributed by atoms with E-state index in [1.54, 1.807) is 53.0 Å². The molecule has 7 heteroatoms. The fourth-order valence-corrected chi connectivity index (χ4v) is 4.25. The second kappa shape index (κ2) is 12.1. The predicted molar refractivity (Wildman–Crippen MR) is 147 cm³/mol. The average Bonchev–Trinajstić information content (AvgIpc) is 2.86. The number of esters is 2. The summed E-state index contributed by atoms with van der Waals surface area (Å²) in [5.41, 5.74) is 4.69. The topological polar surface area (TPSA) is 84.0 Å². The third-order valence-corrected chi connectivity index (χ3v) is 6.18. The highest BCUT2D eigenvalue weighted by Crippen LogP contribution is 2.38. The van der Waals surface area contributed by atoms with Crippen LogP contribution in [0.4, 0.5) is 0 Å². The van der Waals surface area contributed by atoms with Gasteiger partial charge in [-0.3, -0.25) is 4.98 Å². The van der Waals surface area contributed by atoms with Gasteiger partial charge in [-0.1, -0.05) is 51.1 Å². The number of hydrogen-bond donors (Lipinski definition) is 0. The van der Waals surface area contributed by atoms with Crippen molar-refractivity contribution in [3.63, 3.8) is 0 Å². The number of ether oxygens (including phenoxy) is 4. The molecule has 0 spiro atoms. The molecular formula is C31H37NO6. The van der Waals surface area contributed by atoms with E-state index in [0.717, 1.165) is 5.56 Å². The van der Waals surface area contributed by atoms with Crippen molar-refractivity contribution in [2.24, 2.45) is 0 Å². The van der Waals surface area contributed by atoms with Gasteiger partial charge in [0.15, 0.2) is 11.5 Å². The molecule has 38 heavy (non-hydrogen) atoms. The number of benzene rings is 2. The molecular weight excluding hydrogens is 482 g/mol. The van der Waals surface area contributed by atoms with Crippen molar-refractivity contribution in [2.75, 3.05) is 20.3 Å². The van der Waals surface area contributed by atoms with Crippen LogP contribution in [-0.2, 0) is 21.5 Å². The minimum Gasteiger partial charge on any atom is -0.493 e. The van der Waals surface area contributed by atoms with Crippen LogP contribution >= 0.6 is 0 Å². The summed E-state index contributed by atoms with van der Waals surface area (Å²) in [6, 6.07) is 13.6. The molecule has 0 unspecified atom stereocenters. The van der Waals surface area contributed by atoms with Crippen LogP contribution in [-0.4, -0.2) is 37.2 Å². The van der Waals surface area contributed by atoms with Crippen LogP contribution < -0.4 is 9.47 Å². The van der Waals surface area contributed by atoms with Gasteiger partial charge in [-0.15, -0.1) is 0 Å². The van der Waals surface area contributed by atoms with E-state index in [1.165, 1.54) is 5.56 Å². The van der Waals surface area contributed by atoms with Crippen molar-refractivity contribution >= 4 is 11.9 Å². The van der Waals surface area contributed by atoms with Gasteiger partial charge >= 0.3 is 11.9 Å². The highest BCUT2D eigenvalue weighted by Gasteiger charge is 2.28. The lowest BCUT2D eigenvalue weighted by atomic mass is 9.87. The summed E-state index contributed by atoms with van der Waals surface area (Å²) in [4.78, 5) is 30.5. The molecule has 0 bridgehead atoms. The monoisotopic (exact) mass is 519 g/mol. The zero-order valence-electron chi connectivity index (χ0n) is 23.6. The van der Waals surface area contributed by atoms with Gasteiger partial charge in [0, 0.05) is 5.56 Å². The number of nitrogens with zero attached hydrogens (tertiary/aromatic N) is 1. The van der Waals surface area contributed by atoms with Crippen LogP contribution in [0, 0.1) is 13.8 Å². The molecule has 0 amide bonds. The number of hydrogen-bond acceptors (Lipinski definition) is 7. The zero-order chi connectivity index (χ0) is 28.0. The number of aryl methyl sites for hydroxylation is 2. The Morgan fingerprint density at radius 2 is 1.37 bits per heavy atom. The Labute approximate surface area is 225 Å². The molecule has 2 aromatic carbocycles. The third kappa shape index (κ3) is 6.33. The second-order valence-corrected chi connectivity index (χ2v) is 9.95. The maximum Gasteiger partial charge on any atom is 0.340 e. The number of pyridine rings is 1. The predicted octanol–water partition coefficient (Wildman–Crippen LogP) is 6.60. The van der Waals surface area contributed by atoms with Gasteiger partial charge in [0.05, 0.1) is 42.8 Å². The fourth-order valence-electron chi connectivity index (χ4n) is 4.25. The molecule has 0 radical (unpaired) electrons. The smallest absolute Gasteiger partial charge is 0.340 e. The normalized spacial score (nSPS) is 11.2. The molecule has 0 atom stereocenters.